The highest BCUT2D eigenvalue weighted by molar-refractivity contribution is 6.37. The molecule has 1 aromatic heterocycles. The zero-order chi connectivity index (χ0) is 20.4. The van der Waals surface area contributed by atoms with Crippen molar-refractivity contribution in [1.82, 2.24) is 9.88 Å². The predicted molar refractivity (Wildman–Crippen MR) is 115 cm³/mol. The Labute approximate surface area is 180 Å². The number of nitrogens with one attached hydrogen (secondary N) is 1. The molecule has 0 spiro atoms. The third-order valence-electron chi connectivity index (χ3n) is 5.93. The van der Waals surface area contributed by atoms with Crippen molar-refractivity contribution < 1.29 is 9.59 Å². The molecule has 2 heterocycles. The monoisotopic (exact) mass is 431 g/mol. The normalized spacial score (nSPS) is 21.4. The van der Waals surface area contributed by atoms with Gasteiger partial charge in [0.15, 0.2) is 0 Å². The van der Waals surface area contributed by atoms with Gasteiger partial charge in [-0.15, -0.1) is 0 Å². The fraction of sp³-hybridized carbons (Fsp3) is 0.409. The Morgan fingerprint density at radius 3 is 2.59 bits per heavy atom. The second-order valence-electron chi connectivity index (χ2n) is 7.76. The van der Waals surface area contributed by atoms with Gasteiger partial charge in [-0.05, 0) is 61.9 Å². The van der Waals surface area contributed by atoms with Crippen LogP contribution < -0.4 is 5.32 Å². The van der Waals surface area contributed by atoms with E-state index in [0.29, 0.717) is 33.9 Å². The van der Waals surface area contributed by atoms with Crippen LogP contribution >= 0.6 is 23.2 Å². The average Bonchev–Trinajstić information content (AvgIpc) is 2.73. The van der Waals surface area contributed by atoms with E-state index in [1.165, 1.54) is 37.9 Å². The molecule has 2 aliphatic rings. The second-order valence-corrected chi connectivity index (χ2v) is 8.61. The highest BCUT2D eigenvalue weighted by Crippen LogP contribution is 2.36. The number of carbonyl (C=O) groups is 2. The zero-order valence-corrected chi connectivity index (χ0v) is 17.5. The van der Waals surface area contributed by atoms with E-state index in [-0.39, 0.29) is 16.8 Å². The second kappa shape index (κ2) is 8.72. The van der Waals surface area contributed by atoms with Crippen LogP contribution in [-0.4, -0.2) is 34.3 Å². The molecule has 1 saturated heterocycles. The van der Waals surface area contributed by atoms with E-state index in [0.717, 1.165) is 19.4 Å². The first-order valence-electron chi connectivity index (χ1n) is 10.1. The van der Waals surface area contributed by atoms with Gasteiger partial charge in [-0.25, -0.2) is 4.98 Å². The number of halogens is 2. The van der Waals surface area contributed by atoms with Gasteiger partial charge in [-0.3, -0.25) is 9.59 Å². The van der Waals surface area contributed by atoms with Gasteiger partial charge >= 0.3 is 0 Å². The van der Waals surface area contributed by atoms with E-state index in [1.54, 1.807) is 24.3 Å². The first kappa shape index (κ1) is 20.2. The van der Waals surface area contributed by atoms with Crippen LogP contribution in [0, 0.1) is 5.92 Å². The van der Waals surface area contributed by atoms with E-state index in [9.17, 15) is 9.59 Å². The maximum atomic E-state index is 13.1. The third-order valence-corrected chi connectivity index (χ3v) is 6.48. The standard InChI is InChI=1S/C22H23Cl2N3O2/c23-16-8-9-17(18(24)12-16)21(28)26-20-10-7-15(13-25-20)22(29)27-11-3-5-14-4-1-2-6-19(14)27/h7-10,12-14,19H,1-6,11H2,(H,25,26,28)/t14-,19+/m1/s1. The minimum absolute atomic E-state index is 0.0349. The fourth-order valence-electron chi connectivity index (χ4n) is 4.49. The van der Waals surface area contributed by atoms with E-state index in [2.05, 4.69) is 10.3 Å². The molecule has 7 heteroatoms. The molecule has 2 atom stereocenters. The lowest BCUT2D eigenvalue weighted by Gasteiger charge is -2.44. The number of pyridine rings is 1. The summed E-state index contributed by atoms with van der Waals surface area (Å²) in [6, 6.07) is 8.42. The van der Waals surface area contributed by atoms with Gasteiger partial charge < -0.3 is 10.2 Å². The molecular formula is C22H23Cl2N3O2. The van der Waals surface area contributed by atoms with Crippen LogP contribution in [0.15, 0.2) is 36.5 Å². The Kier molecular flexibility index (Phi) is 6.07. The number of amides is 2. The Morgan fingerprint density at radius 2 is 1.83 bits per heavy atom. The minimum Gasteiger partial charge on any atom is -0.335 e. The van der Waals surface area contributed by atoms with Crippen LogP contribution in [0.25, 0.3) is 0 Å². The first-order valence-corrected chi connectivity index (χ1v) is 10.8. The van der Waals surface area contributed by atoms with Crippen molar-refractivity contribution in [2.24, 2.45) is 5.92 Å². The number of anilines is 1. The SMILES string of the molecule is O=C(Nc1ccc(C(=O)N2CCC[C@H]3CCCC[C@@H]32)cn1)c1ccc(Cl)cc1Cl. The molecule has 2 amide bonds. The molecule has 29 heavy (non-hydrogen) atoms. The van der Waals surface area contributed by atoms with Crippen molar-refractivity contribution in [3.05, 3.63) is 57.7 Å². The topological polar surface area (TPSA) is 62.3 Å². The van der Waals surface area contributed by atoms with E-state index < -0.39 is 0 Å². The van der Waals surface area contributed by atoms with Crippen LogP contribution in [0.1, 0.15) is 59.2 Å². The lowest BCUT2D eigenvalue weighted by Crippen LogP contribution is -2.49. The number of rotatable bonds is 3. The molecule has 1 saturated carbocycles. The Bertz CT molecular complexity index is 915. The lowest BCUT2D eigenvalue weighted by molar-refractivity contribution is 0.0390. The maximum Gasteiger partial charge on any atom is 0.258 e. The number of hydrogen-bond donors (Lipinski definition) is 1. The molecular weight excluding hydrogens is 409 g/mol. The van der Waals surface area contributed by atoms with Crippen molar-refractivity contribution >= 4 is 40.8 Å². The highest BCUT2D eigenvalue weighted by atomic mass is 35.5. The lowest BCUT2D eigenvalue weighted by atomic mass is 9.78. The summed E-state index contributed by atoms with van der Waals surface area (Å²) in [6.45, 7) is 0.813. The summed E-state index contributed by atoms with van der Waals surface area (Å²) in [6.07, 6.45) is 8.62. The van der Waals surface area contributed by atoms with Crippen molar-refractivity contribution in [1.29, 1.82) is 0 Å². The summed E-state index contributed by atoms with van der Waals surface area (Å²) >= 11 is 12.0. The molecule has 1 aliphatic heterocycles. The van der Waals surface area contributed by atoms with Gasteiger partial charge in [0, 0.05) is 23.8 Å². The van der Waals surface area contributed by atoms with Crippen LogP contribution in [0.4, 0.5) is 5.82 Å². The Hall–Kier alpha value is -2.11. The number of piperidine rings is 1. The van der Waals surface area contributed by atoms with Gasteiger partial charge in [-0.1, -0.05) is 36.0 Å². The molecule has 0 radical (unpaired) electrons. The Balaban J connectivity index is 1.44. The van der Waals surface area contributed by atoms with Crippen molar-refractivity contribution in [2.75, 3.05) is 11.9 Å². The van der Waals surface area contributed by atoms with E-state index in [4.69, 9.17) is 23.2 Å². The van der Waals surface area contributed by atoms with Gasteiger partial charge in [0.25, 0.3) is 11.8 Å². The summed E-state index contributed by atoms with van der Waals surface area (Å²) in [7, 11) is 0. The number of fused-ring (bicyclic) bond motifs is 1. The fourth-order valence-corrected chi connectivity index (χ4v) is 4.99. The molecule has 1 N–H and O–H groups in total. The summed E-state index contributed by atoms with van der Waals surface area (Å²) < 4.78 is 0. The average molecular weight is 432 g/mol. The maximum absolute atomic E-state index is 13.1. The van der Waals surface area contributed by atoms with Gasteiger partial charge in [-0.2, -0.15) is 0 Å². The smallest absolute Gasteiger partial charge is 0.258 e. The molecule has 5 nitrogen and oxygen atoms in total. The van der Waals surface area contributed by atoms with Gasteiger partial charge in [0.05, 0.1) is 16.1 Å². The summed E-state index contributed by atoms with van der Waals surface area (Å²) in [5.41, 5.74) is 0.869. The van der Waals surface area contributed by atoms with Crippen LogP contribution in [0.5, 0.6) is 0 Å². The van der Waals surface area contributed by atoms with Gasteiger partial charge in [0.2, 0.25) is 0 Å². The van der Waals surface area contributed by atoms with Gasteiger partial charge in [0.1, 0.15) is 5.82 Å². The molecule has 0 bridgehead atoms. The quantitative estimate of drug-likeness (QED) is 0.703. The summed E-state index contributed by atoms with van der Waals surface area (Å²) in [4.78, 5) is 31.8. The number of likely N-dealkylation sites (tertiary alicyclic amines) is 1. The number of benzene rings is 1. The summed E-state index contributed by atoms with van der Waals surface area (Å²) in [5, 5.41) is 3.44. The minimum atomic E-state index is -0.376. The summed E-state index contributed by atoms with van der Waals surface area (Å²) in [5.74, 6) is 0.663. The van der Waals surface area contributed by atoms with Crippen LogP contribution in [0.3, 0.4) is 0 Å². The van der Waals surface area contributed by atoms with Crippen LogP contribution in [0.2, 0.25) is 10.0 Å². The number of aromatic nitrogens is 1. The molecule has 1 aliphatic carbocycles. The predicted octanol–water partition coefficient (Wildman–Crippen LogP) is 5.44. The molecule has 1 aromatic carbocycles. The molecule has 4 rings (SSSR count). The molecule has 152 valence electrons. The van der Waals surface area contributed by atoms with Crippen molar-refractivity contribution in [3.63, 3.8) is 0 Å². The van der Waals surface area contributed by atoms with Crippen molar-refractivity contribution in [2.45, 2.75) is 44.6 Å². The number of nitrogens with zero attached hydrogens (tertiary/aromatic N) is 2. The molecule has 2 aromatic rings. The zero-order valence-electron chi connectivity index (χ0n) is 16.0. The Morgan fingerprint density at radius 1 is 1.03 bits per heavy atom. The number of carbonyl (C=O) groups excluding carboxylic acids is 2. The molecule has 0 unspecified atom stereocenters. The third kappa shape index (κ3) is 4.41. The molecule has 2 fully saturated rings. The van der Waals surface area contributed by atoms with E-state index in [1.807, 2.05) is 4.90 Å². The highest BCUT2D eigenvalue weighted by Gasteiger charge is 2.36. The first-order chi connectivity index (χ1) is 14.0. The largest absolute Gasteiger partial charge is 0.335 e. The number of hydrogen-bond acceptors (Lipinski definition) is 3. The van der Waals surface area contributed by atoms with E-state index >= 15 is 0 Å². The van der Waals surface area contributed by atoms with Crippen LogP contribution in [-0.2, 0) is 0 Å². The van der Waals surface area contributed by atoms with Crippen molar-refractivity contribution in [3.8, 4) is 0 Å².